The average molecular weight is 302 g/mol. The summed E-state index contributed by atoms with van der Waals surface area (Å²) in [5, 5.41) is 5.49. The van der Waals surface area contributed by atoms with Crippen LogP contribution in [-0.4, -0.2) is 7.05 Å². The van der Waals surface area contributed by atoms with Crippen LogP contribution in [0.25, 0.3) is 0 Å². The van der Waals surface area contributed by atoms with E-state index in [-0.39, 0.29) is 0 Å². The van der Waals surface area contributed by atoms with Gasteiger partial charge in [0.2, 0.25) is 0 Å². The molecule has 0 aliphatic heterocycles. The highest BCUT2D eigenvalue weighted by atomic mass is 79.9. The van der Waals surface area contributed by atoms with Gasteiger partial charge in [0.1, 0.15) is 0 Å². The summed E-state index contributed by atoms with van der Waals surface area (Å²) in [6, 6.07) is 9.03. The zero-order chi connectivity index (χ0) is 10.7. The number of nitrogens with one attached hydrogen (secondary N) is 1. The summed E-state index contributed by atoms with van der Waals surface area (Å²) >= 11 is 7.12. The van der Waals surface area contributed by atoms with Crippen molar-refractivity contribution in [2.75, 3.05) is 7.05 Å². The Morgan fingerprint density at radius 2 is 2.27 bits per heavy atom. The van der Waals surface area contributed by atoms with Crippen molar-refractivity contribution in [2.45, 2.75) is 12.5 Å². The molecule has 0 fully saturated rings. The highest BCUT2D eigenvalue weighted by Crippen LogP contribution is 2.28. The molecule has 1 atom stereocenters. The van der Waals surface area contributed by atoms with Gasteiger partial charge in [-0.05, 0) is 46.6 Å². The van der Waals surface area contributed by atoms with Gasteiger partial charge >= 0.3 is 0 Å². The first-order chi connectivity index (χ1) is 7.29. The lowest BCUT2D eigenvalue weighted by Gasteiger charge is -2.12. The van der Waals surface area contributed by atoms with Gasteiger partial charge in [-0.15, -0.1) is 22.7 Å². The molecule has 0 saturated heterocycles. The van der Waals surface area contributed by atoms with Crippen LogP contribution >= 0.6 is 38.6 Å². The summed E-state index contributed by atoms with van der Waals surface area (Å²) in [5.41, 5.74) is 0. The molecule has 0 aromatic carbocycles. The number of thiophene rings is 2. The van der Waals surface area contributed by atoms with Crippen LogP contribution in [-0.2, 0) is 6.42 Å². The molecule has 1 unspecified atom stereocenters. The number of hydrogen-bond donors (Lipinski definition) is 1. The van der Waals surface area contributed by atoms with Gasteiger partial charge in [-0.25, -0.2) is 0 Å². The van der Waals surface area contributed by atoms with Crippen LogP contribution in [0.3, 0.4) is 0 Å². The van der Waals surface area contributed by atoms with Gasteiger partial charge in [-0.2, -0.15) is 0 Å². The number of likely N-dealkylation sites (N-methyl/N-ethyl adjacent to an activating group) is 1. The first-order valence-corrected chi connectivity index (χ1v) is 7.23. The Morgan fingerprint density at radius 3 is 2.80 bits per heavy atom. The molecule has 0 aliphatic carbocycles. The molecule has 1 nitrogen and oxygen atoms in total. The minimum absolute atomic E-state index is 0.440. The summed E-state index contributed by atoms with van der Waals surface area (Å²) in [6.45, 7) is 0. The standard InChI is InChI=1S/C11H12BrNS2/c1-13-9(10-3-2-6-14-10)7-8-4-5-11(12)15-8/h2-6,9,13H,7H2,1H3. The molecular formula is C11H12BrNS2. The van der Waals surface area contributed by atoms with Gasteiger partial charge in [-0.1, -0.05) is 6.07 Å². The van der Waals surface area contributed by atoms with E-state index >= 15 is 0 Å². The van der Waals surface area contributed by atoms with Crippen molar-refractivity contribution >= 4 is 38.6 Å². The second-order valence-electron chi connectivity index (χ2n) is 3.27. The first-order valence-electron chi connectivity index (χ1n) is 4.74. The average Bonchev–Trinajstić information content (AvgIpc) is 2.85. The lowest BCUT2D eigenvalue weighted by atomic mass is 10.1. The SMILES string of the molecule is CNC(Cc1ccc(Br)s1)c1cccs1. The van der Waals surface area contributed by atoms with Crippen LogP contribution in [0.1, 0.15) is 15.8 Å². The maximum Gasteiger partial charge on any atom is 0.0701 e. The van der Waals surface area contributed by atoms with Crippen molar-refractivity contribution in [3.8, 4) is 0 Å². The van der Waals surface area contributed by atoms with E-state index in [1.54, 1.807) is 0 Å². The van der Waals surface area contributed by atoms with Crippen molar-refractivity contribution in [3.63, 3.8) is 0 Å². The Bertz CT molecular complexity index is 408. The Morgan fingerprint density at radius 1 is 1.40 bits per heavy atom. The van der Waals surface area contributed by atoms with Gasteiger partial charge in [0, 0.05) is 22.2 Å². The summed E-state index contributed by atoms with van der Waals surface area (Å²) in [4.78, 5) is 2.82. The molecule has 0 aliphatic rings. The van der Waals surface area contributed by atoms with E-state index < -0.39 is 0 Å². The van der Waals surface area contributed by atoms with Crippen molar-refractivity contribution in [2.24, 2.45) is 0 Å². The molecule has 2 aromatic heterocycles. The lowest BCUT2D eigenvalue weighted by Crippen LogP contribution is -2.17. The van der Waals surface area contributed by atoms with Crippen LogP contribution < -0.4 is 5.32 Å². The molecule has 0 spiro atoms. The minimum atomic E-state index is 0.440. The monoisotopic (exact) mass is 301 g/mol. The predicted octanol–water partition coefficient (Wildman–Crippen LogP) is 4.08. The Labute approximate surface area is 106 Å². The van der Waals surface area contributed by atoms with E-state index in [1.807, 2.05) is 29.7 Å². The second kappa shape index (κ2) is 5.25. The summed E-state index contributed by atoms with van der Waals surface area (Å²) in [7, 11) is 2.02. The molecule has 4 heteroatoms. The van der Waals surface area contributed by atoms with Crippen LogP contribution in [0.15, 0.2) is 33.4 Å². The van der Waals surface area contributed by atoms with Gasteiger partial charge in [0.05, 0.1) is 3.79 Å². The fourth-order valence-electron chi connectivity index (χ4n) is 1.50. The van der Waals surface area contributed by atoms with E-state index in [0.717, 1.165) is 6.42 Å². The topological polar surface area (TPSA) is 12.0 Å². The van der Waals surface area contributed by atoms with Gasteiger partial charge < -0.3 is 5.32 Å². The molecule has 15 heavy (non-hydrogen) atoms. The molecule has 0 bridgehead atoms. The lowest BCUT2D eigenvalue weighted by molar-refractivity contribution is 0.607. The zero-order valence-corrected chi connectivity index (χ0v) is 11.6. The normalized spacial score (nSPS) is 12.9. The molecule has 1 N–H and O–H groups in total. The van der Waals surface area contributed by atoms with Crippen molar-refractivity contribution < 1.29 is 0 Å². The molecule has 0 saturated carbocycles. The molecule has 2 heterocycles. The third-order valence-electron chi connectivity index (χ3n) is 2.27. The van der Waals surface area contributed by atoms with Crippen molar-refractivity contribution in [1.82, 2.24) is 5.32 Å². The fourth-order valence-corrected chi connectivity index (χ4v) is 3.86. The molecule has 0 amide bonds. The van der Waals surface area contributed by atoms with Crippen LogP contribution in [0, 0.1) is 0 Å². The smallest absolute Gasteiger partial charge is 0.0701 e. The Balaban J connectivity index is 2.09. The Hall–Kier alpha value is -0.160. The van der Waals surface area contributed by atoms with Crippen LogP contribution in [0.2, 0.25) is 0 Å². The van der Waals surface area contributed by atoms with Crippen molar-refractivity contribution in [1.29, 1.82) is 0 Å². The maximum absolute atomic E-state index is 3.49. The second-order valence-corrected chi connectivity index (χ2v) is 6.79. The maximum atomic E-state index is 3.49. The number of rotatable bonds is 4. The fraction of sp³-hybridized carbons (Fsp3) is 0.273. The van der Waals surface area contributed by atoms with E-state index in [1.165, 1.54) is 13.5 Å². The highest BCUT2D eigenvalue weighted by Gasteiger charge is 2.11. The largest absolute Gasteiger partial charge is 0.312 e. The van der Waals surface area contributed by atoms with Gasteiger partial charge in [0.15, 0.2) is 0 Å². The Kier molecular flexibility index (Phi) is 3.97. The van der Waals surface area contributed by atoms with Crippen molar-refractivity contribution in [3.05, 3.63) is 43.2 Å². The number of halogens is 1. The van der Waals surface area contributed by atoms with Gasteiger partial charge in [0.25, 0.3) is 0 Å². The molecule has 2 rings (SSSR count). The van der Waals surface area contributed by atoms with Gasteiger partial charge in [-0.3, -0.25) is 0 Å². The third-order valence-corrected chi connectivity index (χ3v) is 4.90. The zero-order valence-electron chi connectivity index (χ0n) is 8.37. The molecule has 80 valence electrons. The van der Waals surface area contributed by atoms with Crippen LogP contribution in [0.4, 0.5) is 0 Å². The highest BCUT2D eigenvalue weighted by molar-refractivity contribution is 9.11. The quantitative estimate of drug-likeness (QED) is 0.897. The number of hydrogen-bond acceptors (Lipinski definition) is 3. The molecular weight excluding hydrogens is 290 g/mol. The van der Waals surface area contributed by atoms with Crippen LogP contribution in [0.5, 0.6) is 0 Å². The molecule has 0 radical (unpaired) electrons. The van der Waals surface area contributed by atoms with E-state index in [0.29, 0.717) is 6.04 Å². The van der Waals surface area contributed by atoms with E-state index in [4.69, 9.17) is 0 Å². The first kappa shape index (κ1) is 11.3. The predicted molar refractivity (Wildman–Crippen MR) is 71.8 cm³/mol. The third kappa shape index (κ3) is 2.91. The summed E-state index contributed by atoms with van der Waals surface area (Å²) in [6.07, 6.45) is 1.06. The summed E-state index contributed by atoms with van der Waals surface area (Å²) in [5.74, 6) is 0. The van der Waals surface area contributed by atoms with E-state index in [2.05, 4.69) is 50.9 Å². The summed E-state index contributed by atoms with van der Waals surface area (Å²) < 4.78 is 1.21. The minimum Gasteiger partial charge on any atom is -0.312 e. The molecule has 2 aromatic rings. The van der Waals surface area contributed by atoms with E-state index in [9.17, 15) is 0 Å².